The molecular weight excluding hydrogens is 236 g/mol. The number of rotatable bonds is 5. The molecule has 0 unspecified atom stereocenters. The molecule has 0 fully saturated rings. The molecule has 0 bridgehead atoms. The molecule has 2 rings (SSSR count). The summed E-state index contributed by atoms with van der Waals surface area (Å²) in [4.78, 5) is 0. The molecule has 0 spiro atoms. The fourth-order valence-corrected chi connectivity index (χ4v) is 1.67. The van der Waals surface area contributed by atoms with E-state index in [2.05, 4.69) is 12.2 Å². The lowest BCUT2D eigenvalue weighted by atomic mass is 10.1. The number of benzene rings is 1. The van der Waals surface area contributed by atoms with E-state index in [1.807, 2.05) is 6.07 Å². The van der Waals surface area contributed by atoms with E-state index >= 15 is 0 Å². The van der Waals surface area contributed by atoms with Crippen LogP contribution in [-0.2, 0) is 6.54 Å². The highest BCUT2D eigenvalue weighted by atomic mass is 19.2. The Hall–Kier alpha value is -1.68. The molecule has 1 aromatic heterocycles. The van der Waals surface area contributed by atoms with Gasteiger partial charge in [0.2, 0.25) is 0 Å². The van der Waals surface area contributed by atoms with Crippen molar-refractivity contribution in [3.8, 4) is 11.3 Å². The Kier molecular flexibility index (Phi) is 4.10. The van der Waals surface area contributed by atoms with Gasteiger partial charge in [0.25, 0.3) is 0 Å². The molecule has 1 N–H and O–H groups in total. The number of hydrogen-bond donors (Lipinski definition) is 1. The van der Waals surface area contributed by atoms with Crippen LogP contribution in [0.25, 0.3) is 11.3 Å². The highest BCUT2D eigenvalue weighted by molar-refractivity contribution is 5.57. The fraction of sp³-hybridized carbons (Fsp3) is 0.286. The first-order valence-corrected chi connectivity index (χ1v) is 5.95. The molecule has 0 amide bonds. The number of hydrogen-bond acceptors (Lipinski definition) is 2. The van der Waals surface area contributed by atoms with E-state index < -0.39 is 11.6 Å². The van der Waals surface area contributed by atoms with Crippen LogP contribution in [-0.4, -0.2) is 6.54 Å². The second-order valence-electron chi connectivity index (χ2n) is 4.07. The van der Waals surface area contributed by atoms with Crippen LogP contribution >= 0.6 is 0 Å². The maximum absolute atomic E-state index is 13.1. The van der Waals surface area contributed by atoms with Crippen LogP contribution in [0, 0.1) is 11.6 Å². The summed E-state index contributed by atoms with van der Waals surface area (Å²) in [5.74, 6) is -0.393. The Balaban J connectivity index is 2.11. The van der Waals surface area contributed by atoms with E-state index in [1.165, 1.54) is 6.07 Å². The van der Waals surface area contributed by atoms with Crippen molar-refractivity contribution in [2.75, 3.05) is 6.54 Å². The minimum atomic E-state index is -0.866. The molecule has 0 radical (unpaired) electrons. The minimum absolute atomic E-state index is 0.538. The van der Waals surface area contributed by atoms with E-state index in [4.69, 9.17) is 4.42 Å². The largest absolute Gasteiger partial charge is 0.460 e. The molecule has 0 atom stereocenters. The highest BCUT2D eigenvalue weighted by Gasteiger charge is 2.08. The van der Waals surface area contributed by atoms with Gasteiger partial charge in [-0.25, -0.2) is 8.78 Å². The van der Waals surface area contributed by atoms with Crippen molar-refractivity contribution in [3.05, 3.63) is 47.7 Å². The molecule has 2 aromatic rings. The summed E-state index contributed by atoms with van der Waals surface area (Å²) >= 11 is 0. The van der Waals surface area contributed by atoms with Crippen molar-refractivity contribution in [3.63, 3.8) is 0 Å². The summed E-state index contributed by atoms with van der Waals surface area (Å²) in [5.41, 5.74) is 0.538. The van der Waals surface area contributed by atoms with Gasteiger partial charge in [-0.1, -0.05) is 6.92 Å². The van der Waals surface area contributed by atoms with E-state index in [-0.39, 0.29) is 0 Å². The zero-order chi connectivity index (χ0) is 13.0. The zero-order valence-electron chi connectivity index (χ0n) is 10.2. The quantitative estimate of drug-likeness (QED) is 0.819. The minimum Gasteiger partial charge on any atom is -0.460 e. The standard InChI is InChI=1S/C14H15F2NO/c1-2-7-17-9-11-4-6-14(18-11)10-3-5-12(15)13(16)8-10/h3-6,8,17H,2,7,9H2,1H3. The van der Waals surface area contributed by atoms with E-state index in [1.54, 1.807) is 6.07 Å². The van der Waals surface area contributed by atoms with Crippen molar-refractivity contribution < 1.29 is 13.2 Å². The van der Waals surface area contributed by atoms with Crippen LogP contribution in [0.3, 0.4) is 0 Å². The van der Waals surface area contributed by atoms with E-state index in [0.717, 1.165) is 30.9 Å². The Bertz CT molecular complexity index is 522. The third kappa shape index (κ3) is 2.96. The predicted octanol–water partition coefficient (Wildman–Crippen LogP) is 3.72. The van der Waals surface area contributed by atoms with Crippen LogP contribution < -0.4 is 5.32 Å². The van der Waals surface area contributed by atoms with Gasteiger partial charge in [0.15, 0.2) is 11.6 Å². The number of halogens is 2. The summed E-state index contributed by atoms with van der Waals surface area (Å²) in [6.45, 7) is 3.64. The van der Waals surface area contributed by atoms with Gasteiger partial charge >= 0.3 is 0 Å². The number of furan rings is 1. The molecule has 0 aliphatic carbocycles. The average molecular weight is 251 g/mol. The van der Waals surface area contributed by atoms with Gasteiger partial charge in [0, 0.05) is 5.56 Å². The van der Waals surface area contributed by atoms with Gasteiger partial charge in [-0.05, 0) is 43.3 Å². The molecule has 1 heterocycles. The molecule has 18 heavy (non-hydrogen) atoms. The summed E-state index contributed by atoms with van der Waals surface area (Å²) in [6, 6.07) is 7.33. The molecule has 96 valence electrons. The van der Waals surface area contributed by atoms with Gasteiger partial charge in [-0.3, -0.25) is 0 Å². The van der Waals surface area contributed by atoms with Crippen LogP contribution in [0.1, 0.15) is 19.1 Å². The van der Waals surface area contributed by atoms with Crippen LogP contribution in [0.15, 0.2) is 34.7 Å². The maximum atomic E-state index is 13.1. The van der Waals surface area contributed by atoms with E-state index in [9.17, 15) is 8.78 Å². The smallest absolute Gasteiger partial charge is 0.159 e. The molecule has 0 saturated heterocycles. The Morgan fingerprint density at radius 3 is 2.67 bits per heavy atom. The topological polar surface area (TPSA) is 25.2 Å². The van der Waals surface area contributed by atoms with Crippen molar-refractivity contribution in [2.24, 2.45) is 0 Å². The molecule has 0 aliphatic rings. The van der Waals surface area contributed by atoms with Gasteiger partial charge in [-0.2, -0.15) is 0 Å². The summed E-state index contributed by atoms with van der Waals surface area (Å²) in [7, 11) is 0. The summed E-state index contributed by atoms with van der Waals surface area (Å²) in [6.07, 6.45) is 1.05. The van der Waals surface area contributed by atoms with Gasteiger partial charge in [0.1, 0.15) is 11.5 Å². The molecule has 0 saturated carbocycles. The molecule has 1 aromatic carbocycles. The third-order valence-electron chi connectivity index (χ3n) is 2.59. The van der Waals surface area contributed by atoms with Crippen LogP contribution in [0.2, 0.25) is 0 Å². The lowest BCUT2D eigenvalue weighted by molar-refractivity contribution is 0.490. The second kappa shape index (κ2) is 5.78. The molecule has 2 nitrogen and oxygen atoms in total. The Labute approximate surface area is 105 Å². The first-order valence-electron chi connectivity index (χ1n) is 5.95. The van der Waals surface area contributed by atoms with Crippen LogP contribution in [0.5, 0.6) is 0 Å². The maximum Gasteiger partial charge on any atom is 0.159 e. The Morgan fingerprint density at radius 2 is 1.94 bits per heavy atom. The molecular formula is C14H15F2NO. The fourth-order valence-electron chi connectivity index (χ4n) is 1.67. The SMILES string of the molecule is CCCNCc1ccc(-c2ccc(F)c(F)c2)o1. The highest BCUT2D eigenvalue weighted by Crippen LogP contribution is 2.23. The molecule has 4 heteroatoms. The van der Waals surface area contributed by atoms with Crippen molar-refractivity contribution in [1.82, 2.24) is 5.32 Å². The van der Waals surface area contributed by atoms with Gasteiger partial charge < -0.3 is 9.73 Å². The lowest BCUT2D eigenvalue weighted by Gasteiger charge is -2.00. The average Bonchev–Trinajstić information content (AvgIpc) is 2.82. The van der Waals surface area contributed by atoms with Crippen LogP contribution in [0.4, 0.5) is 8.78 Å². The monoisotopic (exact) mass is 251 g/mol. The van der Waals surface area contributed by atoms with Crippen molar-refractivity contribution in [2.45, 2.75) is 19.9 Å². The molecule has 0 aliphatic heterocycles. The van der Waals surface area contributed by atoms with E-state index in [0.29, 0.717) is 17.9 Å². The normalized spacial score (nSPS) is 10.8. The van der Waals surface area contributed by atoms with Crippen molar-refractivity contribution >= 4 is 0 Å². The van der Waals surface area contributed by atoms with Gasteiger partial charge in [-0.15, -0.1) is 0 Å². The second-order valence-corrected chi connectivity index (χ2v) is 4.07. The number of nitrogens with one attached hydrogen (secondary N) is 1. The van der Waals surface area contributed by atoms with Crippen molar-refractivity contribution in [1.29, 1.82) is 0 Å². The Morgan fingerprint density at radius 1 is 1.11 bits per heavy atom. The third-order valence-corrected chi connectivity index (χ3v) is 2.59. The first-order chi connectivity index (χ1) is 8.70. The first kappa shape index (κ1) is 12.8. The predicted molar refractivity (Wildman–Crippen MR) is 66.1 cm³/mol. The summed E-state index contributed by atoms with van der Waals surface area (Å²) < 4.78 is 31.5. The zero-order valence-corrected chi connectivity index (χ0v) is 10.2. The van der Waals surface area contributed by atoms with Gasteiger partial charge in [0.05, 0.1) is 6.54 Å². The lowest BCUT2D eigenvalue weighted by Crippen LogP contribution is -2.12. The summed E-state index contributed by atoms with van der Waals surface area (Å²) in [5, 5.41) is 3.21.